The minimum Gasteiger partial charge on any atom is -0.383 e. The van der Waals surface area contributed by atoms with Crippen molar-refractivity contribution in [3.05, 3.63) is 0 Å². The first-order valence-electron chi connectivity index (χ1n) is 5.72. The van der Waals surface area contributed by atoms with Crippen LogP contribution in [0.5, 0.6) is 0 Å². The van der Waals surface area contributed by atoms with Gasteiger partial charge < -0.3 is 10.1 Å². The van der Waals surface area contributed by atoms with Crippen molar-refractivity contribution < 1.29 is 4.74 Å². The number of hydrogen-bond acceptors (Lipinski definition) is 3. The average Bonchev–Trinajstić information content (AvgIpc) is 3.00. The van der Waals surface area contributed by atoms with Gasteiger partial charge in [-0.05, 0) is 25.7 Å². The monoisotopic (exact) mass is 198 g/mol. The molecule has 0 aromatic rings. The third kappa shape index (κ3) is 1.95. The van der Waals surface area contributed by atoms with Gasteiger partial charge in [-0.1, -0.05) is 0 Å². The number of methoxy groups -OCH3 is 1. The fourth-order valence-electron chi connectivity index (χ4n) is 2.60. The van der Waals surface area contributed by atoms with Crippen LogP contribution >= 0.6 is 0 Å². The predicted octanol–water partition coefficient (Wildman–Crippen LogP) is 0.707. The Labute approximate surface area is 86.8 Å². The summed E-state index contributed by atoms with van der Waals surface area (Å²) in [5.41, 5.74) is 0.400. The molecule has 82 valence electrons. The van der Waals surface area contributed by atoms with E-state index in [2.05, 4.69) is 17.1 Å². The first-order valence-corrected chi connectivity index (χ1v) is 5.72. The van der Waals surface area contributed by atoms with Crippen LogP contribution in [0.15, 0.2) is 0 Å². The maximum Gasteiger partial charge on any atom is 0.0589 e. The van der Waals surface area contributed by atoms with Gasteiger partial charge in [-0.2, -0.15) is 0 Å². The van der Waals surface area contributed by atoms with E-state index in [1.807, 2.05) is 0 Å². The highest BCUT2D eigenvalue weighted by Crippen LogP contribution is 2.43. The van der Waals surface area contributed by atoms with E-state index in [0.717, 1.165) is 32.2 Å². The van der Waals surface area contributed by atoms with E-state index in [-0.39, 0.29) is 0 Å². The molecule has 0 aromatic carbocycles. The second-order valence-electron chi connectivity index (χ2n) is 4.79. The molecule has 1 aliphatic carbocycles. The molecule has 0 bridgehead atoms. The Balaban J connectivity index is 1.95. The molecule has 2 fully saturated rings. The van der Waals surface area contributed by atoms with Gasteiger partial charge >= 0.3 is 0 Å². The van der Waals surface area contributed by atoms with Crippen LogP contribution in [-0.2, 0) is 4.74 Å². The average molecular weight is 198 g/mol. The van der Waals surface area contributed by atoms with E-state index in [1.54, 1.807) is 7.11 Å². The van der Waals surface area contributed by atoms with Crippen molar-refractivity contribution in [2.75, 3.05) is 39.9 Å². The topological polar surface area (TPSA) is 24.5 Å². The molecule has 3 nitrogen and oxygen atoms in total. The molecule has 2 aliphatic rings. The van der Waals surface area contributed by atoms with E-state index < -0.39 is 0 Å². The summed E-state index contributed by atoms with van der Waals surface area (Å²) < 4.78 is 5.18. The van der Waals surface area contributed by atoms with Gasteiger partial charge in [0.2, 0.25) is 0 Å². The summed E-state index contributed by atoms with van der Waals surface area (Å²) >= 11 is 0. The number of ether oxygens (including phenoxy) is 1. The van der Waals surface area contributed by atoms with Crippen LogP contribution in [0.2, 0.25) is 0 Å². The van der Waals surface area contributed by atoms with Crippen LogP contribution in [0.25, 0.3) is 0 Å². The molecular weight excluding hydrogens is 176 g/mol. The molecule has 0 spiro atoms. The number of rotatable bonds is 4. The first-order chi connectivity index (χ1) is 6.77. The van der Waals surface area contributed by atoms with Crippen LogP contribution in [0.3, 0.4) is 0 Å². The van der Waals surface area contributed by atoms with Gasteiger partial charge in [0.1, 0.15) is 0 Å². The second-order valence-corrected chi connectivity index (χ2v) is 4.79. The number of nitrogens with one attached hydrogen (secondary N) is 1. The zero-order valence-corrected chi connectivity index (χ0v) is 9.38. The Morgan fingerprint density at radius 2 is 2.29 bits per heavy atom. The first kappa shape index (κ1) is 10.4. The van der Waals surface area contributed by atoms with Crippen LogP contribution in [0.1, 0.15) is 19.8 Å². The van der Waals surface area contributed by atoms with Gasteiger partial charge in [0, 0.05) is 38.8 Å². The van der Waals surface area contributed by atoms with Crippen molar-refractivity contribution in [1.29, 1.82) is 0 Å². The smallest absolute Gasteiger partial charge is 0.0589 e. The highest BCUT2D eigenvalue weighted by Gasteiger charge is 2.46. The molecule has 0 aromatic heterocycles. The lowest BCUT2D eigenvalue weighted by atomic mass is 9.91. The molecule has 1 atom stereocenters. The van der Waals surface area contributed by atoms with E-state index in [0.29, 0.717) is 5.54 Å². The predicted molar refractivity (Wildman–Crippen MR) is 57.4 cm³/mol. The van der Waals surface area contributed by atoms with Gasteiger partial charge in [0.25, 0.3) is 0 Å². The zero-order chi connectivity index (χ0) is 10.0. The maximum absolute atomic E-state index is 5.18. The van der Waals surface area contributed by atoms with Gasteiger partial charge in [0.15, 0.2) is 0 Å². The number of piperazine rings is 1. The van der Waals surface area contributed by atoms with E-state index in [4.69, 9.17) is 4.74 Å². The fraction of sp³-hybridized carbons (Fsp3) is 1.00. The largest absolute Gasteiger partial charge is 0.383 e. The van der Waals surface area contributed by atoms with Gasteiger partial charge in [0.05, 0.1) is 6.61 Å². The zero-order valence-electron chi connectivity index (χ0n) is 9.38. The SMILES string of the molecule is COCCN1CCNCC1(C)C1CC1. The molecule has 14 heavy (non-hydrogen) atoms. The number of nitrogens with zero attached hydrogens (tertiary/aromatic N) is 1. The highest BCUT2D eigenvalue weighted by atomic mass is 16.5. The fourth-order valence-corrected chi connectivity index (χ4v) is 2.60. The lowest BCUT2D eigenvalue weighted by molar-refractivity contribution is 0.0319. The van der Waals surface area contributed by atoms with Crippen molar-refractivity contribution in [2.45, 2.75) is 25.3 Å². The molecule has 1 heterocycles. The molecule has 0 amide bonds. The summed E-state index contributed by atoms with van der Waals surface area (Å²) in [6.45, 7) is 7.82. The molecular formula is C11H22N2O. The minimum atomic E-state index is 0.400. The molecule has 1 unspecified atom stereocenters. The van der Waals surface area contributed by atoms with Gasteiger partial charge in [-0.25, -0.2) is 0 Å². The van der Waals surface area contributed by atoms with Crippen LogP contribution in [0.4, 0.5) is 0 Å². The highest BCUT2D eigenvalue weighted by molar-refractivity contribution is 5.02. The van der Waals surface area contributed by atoms with Crippen molar-refractivity contribution >= 4 is 0 Å². The van der Waals surface area contributed by atoms with Crippen molar-refractivity contribution in [3.8, 4) is 0 Å². The molecule has 1 saturated heterocycles. The summed E-state index contributed by atoms with van der Waals surface area (Å²) in [5.74, 6) is 0.923. The Kier molecular flexibility index (Phi) is 3.10. The van der Waals surface area contributed by atoms with E-state index in [9.17, 15) is 0 Å². The van der Waals surface area contributed by atoms with Crippen molar-refractivity contribution in [2.24, 2.45) is 5.92 Å². The molecule has 1 saturated carbocycles. The lowest BCUT2D eigenvalue weighted by Gasteiger charge is -2.45. The van der Waals surface area contributed by atoms with E-state index in [1.165, 1.54) is 19.4 Å². The molecule has 1 N–H and O–H groups in total. The molecule has 1 aliphatic heterocycles. The third-order valence-electron chi connectivity index (χ3n) is 3.79. The summed E-state index contributed by atoms with van der Waals surface area (Å²) in [6, 6.07) is 0. The second kappa shape index (κ2) is 4.17. The van der Waals surface area contributed by atoms with Crippen molar-refractivity contribution in [1.82, 2.24) is 10.2 Å². The number of hydrogen-bond donors (Lipinski definition) is 1. The summed E-state index contributed by atoms with van der Waals surface area (Å²) in [6.07, 6.45) is 2.84. The molecule has 2 rings (SSSR count). The van der Waals surface area contributed by atoms with Crippen molar-refractivity contribution in [3.63, 3.8) is 0 Å². The lowest BCUT2D eigenvalue weighted by Crippen LogP contribution is -2.61. The van der Waals surface area contributed by atoms with Crippen LogP contribution in [-0.4, -0.2) is 50.3 Å². The Morgan fingerprint density at radius 1 is 1.50 bits per heavy atom. The molecule has 0 radical (unpaired) electrons. The van der Waals surface area contributed by atoms with Gasteiger partial charge in [-0.15, -0.1) is 0 Å². The Bertz CT molecular complexity index is 194. The van der Waals surface area contributed by atoms with Gasteiger partial charge in [-0.3, -0.25) is 4.90 Å². The summed E-state index contributed by atoms with van der Waals surface area (Å²) in [4.78, 5) is 2.62. The van der Waals surface area contributed by atoms with Crippen LogP contribution in [0, 0.1) is 5.92 Å². The maximum atomic E-state index is 5.18. The quantitative estimate of drug-likeness (QED) is 0.720. The summed E-state index contributed by atoms with van der Waals surface area (Å²) in [7, 11) is 1.79. The summed E-state index contributed by atoms with van der Waals surface area (Å²) in [5, 5.41) is 3.52. The minimum absolute atomic E-state index is 0.400. The third-order valence-corrected chi connectivity index (χ3v) is 3.79. The Morgan fingerprint density at radius 3 is 2.93 bits per heavy atom. The van der Waals surface area contributed by atoms with Crippen LogP contribution < -0.4 is 5.32 Å². The molecule has 3 heteroatoms. The normalized spacial score (nSPS) is 34.7. The standard InChI is InChI=1S/C11H22N2O/c1-11(10-3-4-10)9-12-5-6-13(11)7-8-14-2/h10,12H,3-9H2,1-2H3. The van der Waals surface area contributed by atoms with E-state index >= 15 is 0 Å². The Hall–Kier alpha value is -0.120.